The zero-order valence-corrected chi connectivity index (χ0v) is 26.1. The molecule has 236 valence electrons. The normalized spacial score (nSPS) is 17.2. The first-order chi connectivity index (χ1) is 21.6. The third kappa shape index (κ3) is 9.08. The van der Waals surface area contributed by atoms with E-state index >= 15 is 0 Å². The van der Waals surface area contributed by atoms with Crippen molar-refractivity contribution < 1.29 is 29.2 Å². The second kappa shape index (κ2) is 14.6. The number of carbonyl (C=O) groups excluding carboxylic acids is 1. The van der Waals surface area contributed by atoms with Gasteiger partial charge >= 0.3 is 6.09 Å². The van der Waals surface area contributed by atoms with Gasteiger partial charge in [-0.15, -0.1) is 0 Å². The van der Waals surface area contributed by atoms with Crippen molar-refractivity contribution in [2.45, 2.75) is 64.9 Å². The standard InChI is InChI=1S/C21H25NO4.C16H17NO2/c1-21(2,3)26-20(24)22-12-16-9-10-17(11-18(16)19(23)13-22)25-14-15-7-5-4-6-8-15;18-16-10-17-9-13-6-7-14(8-15(13)16)19-11-12-4-2-1-3-5-12/h4-11,19,23H,12-14H2,1-3H3;1-8,16-18H,9-11H2. The minimum atomic E-state index is -0.758. The molecule has 4 aromatic rings. The van der Waals surface area contributed by atoms with E-state index in [4.69, 9.17) is 14.2 Å². The first kappa shape index (κ1) is 32.0. The van der Waals surface area contributed by atoms with Crippen molar-refractivity contribution in [3.05, 3.63) is 130 Å². The molecule has 4 aromatic carbocycles. The summed E-state index contributed by atoms with van der Waals surface area (Å²) >= 11 is 0. The minimum absolute atomic E-state index is 0.212. The lowest BCUT2D eigenvalue weighted by atomic mass is 9.97. The number of rotatable bonds is 6. The molecule has 2 aliphatic rings. The van der Waals surface area contributed by atoms with Gasteiger partial charge in [0.25, 0.3) is 0 Å². The van der Waals surface area contributed by atoms with Crippen molar-refractivity contribution in [1.29, 1.82) is 0 Å². The monoisotopic (exact) mass is 610 g/mol. The fourth-order valence-electron chi connectivity index (χ4n) is 5.23. The van der Waals surface area contributed by atoms with Crippen LogP contribution < -0.4 is 14.8 Å². The van der Waals surface area contributed by atoms with Gasteiger partial charge in [-0.25, -0.2) is 4.79 Å². The van der Waals surface area contributed by atoms with Gasteiger partial charge in [-0.2, -0.15) is 0 Å². The molecule has 45 heavy (non-hydrogen) atoms. The molecule has 0 fully saturated rings. The number of carbonyl (C=O) groups is 1. The van der Waals surface area contributed by atoms with Crippen LogP contribution in [-0.4, -0.2) is 39.9 Å². The van der Waals surface area contributed by atoms with E-state index < -0.39 is 23.9 Å². The number of fused-ring (bicyclic) bond motifs is 2. The van der Waals surface area contributed by atoms with E-state index in [-0.39, 0.29) is 6.54 Å². The van der Waals surface area contributed by atoms with Crippen LogP contribution in [0.5, 0.6) is 11.5 Å². The summed E-state index contributed by atoms with van der Waals surface area (Å²) in [5.74, 6) is 1.51. The molecular weight excluding hydrogens is 568 g/mol. The third-order valence-corrected chi connectivity index (χ3v) is 7.51. The molecule has 0 saturated heterocycles. The Hall–Kier alpha value is -4.37. The van der Waals surface area contributed by atoms with Gasteiger partial charge in [-0.1, -0.05) is 72.8 Å². The van der Waals surface area contributed by atoms with Gasteiger partial charge < -0.3 is 34.6 Å². The predicted octanol–water partition coefficient (Wildman–Crippen LogP) is 6.45. The van der Waals surface area contributed by atoms with Crippen LogP contribution in [0.15, 0.2) is 97.1 Å². The zero-order valence-electron chi connectivity index (χ0n) is 26.1. The van der Waals surface area contributed by atoms with Crippen molar-refractivity contribution in [3.63, 3.8) is 0 Å². The van der Waals surface area contributed by atoms with Gasteiger partial charge in [0.05, 0.1) is 18.8 Å². The van der Waals surface area contributed by atoms with Crippen LogP contribution in [0.4, 0.5) is 4.79 Å². The van der Waals surface area contributed by atoms with E-state index in [1.165, 1.54) is 4.90 Å². The second-order valence-electron chi connectivity index (χ2n) is 12.3. The van der Waals surface area contributed by atoms with Crippen molar-refractivity contribution >= 4 is 6.09 Å². The fourth-order valence-corrected chi connectivity index (χ4v) is 5.23. The average Bonchev–Trinajstić information content (AvgIpc) is 3.03. The highest BCUT2D eigenvalue weighted by Crippen LogP contribution is 2.31. The molecule has 8 heteroatoms. The van der Waals surface area contributed by atoms with Crippen molar-refractivity contribution in [2.24, 2.45) is 0 Å². The SMILES string of the molecule is CC(C)(C)OC(=O)N1Cc2ccc(OCc3ccccc3)cc2C(O)C1.OC1CNCc2ccc(OCc3ccccc3)cc21. The molecule has 0 bridgehead atoms. The second-order valence-corrected chi connectivity index (χ2v) is 12.3. The van der Waals surface area contributed by atoms with Crippen molar-refractivity contribution in [1.82, 2.24) is 10.2 Å². The highest BCUT2D eigenvalue weighted by atomic mass is 16.6. The summed E-state index contributed by atoms with van der Waals surface area (Å²) in [5.41, 5.74) is 5.49. The number of nitrogens with one attached hydrogen (secondary N) is 1. The van der Waals surface area contributed by atoms with Crippen LogP contribution in [-0.2, 0) is 31.0 Å². The number of aliphatic hydroxyl groups is 2. The van der Waals surface area contributed by atoms with E-state index in [1.807, 2.05) is 118 Å². The van der Waals surface area contributed by atoms with Crippen LogP contribution in [0.25, 0.3) is 0 Å². The molecule has 2 unspecified atom stereocenters. The van der Waals surface area contributed by atoms with E-state index in [2.05, 4.69) is 5.32 Å². The summed E-state index contributed by atoms with van der Waals surface area (Å²) in [6, 6.07) is 31.5. The summed E-state index contributed by atoms with van der Waals surface area (Å²) in [7, 11) is 0. The van der Waals surface area contributed by atoms with Gasteiger partial charge in [-0.3, -0.25) is 0 Å². The smallest absolute Gasteiger partial charge is 0.410 e. The summed E-state index contributed by atoms with van der Waals surface area (Å²) < 4.78 is 17.0. The Kier molecular flexibility index (Phi) is 10.4. The first-order valence-corrected chi connectivity index (χ1v) is 15.3. The molecule has 0 aromatic heterocycles. The summed E-state index contributed by atoms with van der Waals surface area (Å²) in [6.45, 7) is 8.55. The number of benzene rings is 4. The number of nitrogens with zero attached hydrogens (tertiary/aromatic N) is 1. The quantitative estimate of drug-likeness (QED) is 0.231. The number of aliphatic hydroxyl groups excluding tert-OH is 2. The molecule has 0 saturated carbocycles. The Morgan fingerprint density at radius 2 is 1.31 bits per heavy atom. The molecule has 2 atom stereocenters. The molecule has 2 heterocycles. The maximum atomic E-state index is 12.3. The Morgan fingerprint density at radius 3 is 1.87 bits per heavy atom. The highest BCUT2D eigenvalue weighted by Gasteiger charge is 2.30. The van der Waals surface area contributed by atoms with Crippen LogP contribution >= 0.6 is 0 Å². The minimum Gasteiger partial charge on any atom is -0.489 e. The molecule has 6 rings (SSSR count). The molecule has 0 aliphatic carbocycles. The Bertz CT molecular complexity index is 1550. The van der Waals surface area contributed by atoms with E-state index in [0.717, 1.165) is 45.7 Å². The average molecular weight is 611 g/mol. The van der Waals surface area contributed by atoms with Gasteiger partial charge in [0.1, 0.15) is 30.3 Å². The molecule has 1 amide bonds. The summed E-state index contributed by atoms with van der Waals surface area (Å²) in [5, 5.41) is 23.6. The fraction of sp³-hybridized carbons (Fsp3) is 0.324. The summed E-state index contributed by atoms with van der Waals surface area (Å²) in [4.78, 5) is 13.8. The Balaban J connectivity index is 0.000000186. The molecule has 2 aliphatic heterocycles. The van der Waals surface area contributed by atoms with Crippen LogP contribution in [0, 0.1) is 0 Å². The van der Waals surface area contributed by atoms with Gasteiger partial charge in [0, 0.05) is 19.6 Å². The Labute approximate surface area is 265 Å². The van der Waals surface area contributed by atoms with E-state index in [1.54, 1.807) is 0 Å². The lowest BCUT2D eigenvalue weighted by Crippen LogP contribution is -2.41. The largest absolute Gasteiger partial charge is 0.489 e. The lowest BCUT2D eigenvalue weighted by molar-refractivity contribution is 0.00824. The van der Waals surface area contributed by atoms with E-state index in [9.17, 15) is 15.0 Å². The predicted molar refractivity (Wildman–Crippen MR) is 173 cm³/mol. The number of amides is 1. The molecule has 8 nitrogen and oxygen atoms in total. The number of ether oxygens (including phenoxy) is 3. The first-order valence-electron chi connectivity index (χ1n) is 15.3. The van der Waals surface area contributed by atoms with Gasteiger partial charge in [0.2, 0.25) is 0 Å². The highest BCUT2D eigenvalue weighted by molar-refractivity contribution is 5.69. The zero-order chi connectivity index (χ0) is 31.8. The van der Waals surface area contributed by atoms with Crippen LogP contribution in [0.2, 0.25) is 0 Å². The number of hydrogen-bond acceptors (Lipinski definition) is 7. The maximum absolute atomic E-state index is 12.3. The Morgan fingerprint density at radius 1 is 0.778 bits per heavy atom. The molecule has 0 spiro atoms. The molecule has 0 radical (unpaired) electrons. The van der Waals surface area contributed by atoms with E-state index in [0.29, 0.717) is 32.1 Å². The summed E-state index contributed by atoms with van der Waals surface area (Å²) in [6.07, 6.45) is -1.61. The van der Waals surface area contributed by atoms with Gasteiger partial charge in [-0.05, 0) is 78.4 Å². The topological polar surface area (TPSA) is 100 Å². The van der Waals surface area contributed by atoms with Crippen molar-refractivity contribution in [3.8, 4) is 11.5 Å². The maximum Gasteiger partial charge on any atom is 0.410 e. The molecule has 3 N–H and O–H groups in total. The number of hydrogen-bond donors (Lipinski definition) is 3. The molecular formula is C37H42N2O6. The third-order valence-electron chi connectivity index (χ3n) is 7.51. The van der Waals surface area contributed by atoms with Crippen LogP contribution in [0.1, 0.15) is 66.4 Å². The van der Waals surface area contributed by atoms with Gasteiger partial charge in [0.15, 0.2) is 0 Å². The van der Waals surface area contributed by atoms with Crippen molar-refractivity contribution in [2.75, 3.05) is 13.1 Å². The lowest BCUT2D eigenvalue weighted by Gasteiger charge is -2.33. The van der Waals surface area contributed by atoms with Crippen LogP contribution in [0.3, 0.4) is 0 Å². The number of β-amino-alcohol motifs (C(OH)–C–C–N with tert-alkyl or cyclic N) is 2.